The fraction of sp³-hybridized carbons (Fsp3) is 0. The number of phenols is 2. The highest BCUT2D eigenvalue weighted by Gasteiger charge is 2.18. The van der Waals surface area contributed by atoms with Gasteiger partial charge < -0.3 is 10.2 Å². The molecule has 0 aliphatic rings. The molecule has 0 amide bonds. The van der Waals surface area contributed by atoms with Crippen LogP contribution in [-0.4, -0.2) is 16.4 Å². The molecule has 0 fully saturated rings. The van der Waals surface area contributed by atoms with Crippen molar-refractivity contribution in [1.82, 2.24) is 0 Å². The van der Waals surface area contributed by atoms with E-state index in [2.05, 4.69) is 5.10 Å². The highest BCUT2D eigenvalue weighted by atomic mass is 19.2. The van der Waals surface area contributed by atoms with Gasteiger partial charge in [-0.1, -0.05) is 0 Å². The lowest BCUT2D eigenvalue weighted by atomic mass is 10.2. The highest BCUT2D eigenvalue weighted by Crippen LogP contribution is 2.24. The Morgan fingerprint density at radius 2 is 1.57 bits per heavy atom. The summed E-state index contributed by atoms with van der Waals surface area (Å²) in [6.45, 7) is 0. The van der Waals surface area contributed by atoms with Crippen molar-refractivity contribution in [2.45, 2.75) is 0 Å². The molecule has 0 aromatic heterocycles. The number of nitrogens with zero attached hydrogens (tertiary/aromatic N) is 1. The maximum atomic E-state index is 13.3. The van der Waals surface area contributed by atoms with Gasteiger partial charge in [0, 0.05) is 17.7 Å². The van der Waals surface area contributed by atoms with Crippen molar-refractivity contribution >= 4 is 11.9 Å². The van der Waals surface area contributed by atoms with E-state index in [1.807, 2.05) is 5.43 Å². The highest BCUT2D eigenvalue weighted by molar-refractivity contribution is 5.84. The van der Waals surface area contributed by atoms with E-state index in [9.17, 15) is 22.7 Å². The first-order valence-corrected chi connectivity index (χ1v) is 5.54. The zero-order valence-electron chi connectivity index (χ0n) is 10.2. The quantitative estimate of drug-likeness (QED) is 0.353. The van der Waals surface area contributed by atoms with Crippen LogP contribution in [0, 0.1) is 23.3 Å². The molecule has 0 unspecified atom stereocenters. The van der Waals surface area contributed by atoms with Gasteiger partial charge in [-0.2, -0.15) is 5.10 Å². The van der Waals surface area contributed by atoms with Crippen LogP contribution in [0.2, 0.25) is 0 Å². The number of phenolic OH excluding ortho intramolecular Hbond substituents is 2. The van der Waals surface area contributed by atoms with Crippen LogP contribution in [0.25, 0.3) is 0 Å². The molecule has 2 aromatic carbocycles. The number of hydrazone groups is 1. The van der Waals surface area contributed by atoms with E-state index >= 15 is 0 Å². The van der Waals surface area contributed by atoms with Crippen LogP contribution in [0.4, 0.5) is 23.2 Å². The number of anilines is 1. The number of rotatable bonds is 3. The molecule has 0 bridgehead atoms. The van der Waals surface area contributed by atoms with E-state index < -0.39 is 29.0 Å². The fourth-order valence-corrected chi connectivity index (χ4v) is 1.48. The van der Waals surface area contributed by atoms with Crippen LogP contribution in [0.1, 0.15) is 5.56 Å². The fourth-order valence-electron chi connectivity index (χ4n) is 1.48. The standard InChI is InChI=1S/C13H8F4N2O2/c14-8-4-9(15)12(17)13(11(8)16)19-18-5-6-1-2-7(20)3-10(6)21/h1-5,19-21H. The molecule has 0 aliphatic carbocycles. The number of aromatic hydroxyl groups is 2. The molecule has 21 heavy (non-hydrogen) atoms. The van der Waals surface area contributed by atoms with Crippen molar-refractivity contribution < 1.29 is 27.8 Å². The van der Waals surface area contributed by atoms with Crippen LogP contribution in [0.3, 0.4) is 0 Å². The summed E-state index contributed by atoms with van der Waals surface area (Å²) in [5.41, 5.74) is 0.833. The Morgan fingerprint density at radius 3 is 2.14 bits per heavy atom. The topological polar surface area (TPSA) is 64.9 Å². The second kappa shape index (κ2) is 5.70. The van der Waals surface area contributed by atoms with E-state index in [-0.39, 0.29) is 23.1 Å². The van der Waals surface area contributed by atoms with Crippen LogP contribution in [0.15, 0.2) is 29.4 Å². The predicted octanol–water partition coefficient (Wildman–Crippen LogP) is 3.10. The molecule has 0 saturated carbocycles. The van der Waals surface area contributed by atoms with Gasteiger partial charge in [0.15, 0.2) is 23.3 Å². The molecule has 3 N–H and O–H groups in total. The second-order valence-electron chi connectivity index (χ2n) is 3.96. The van der Waals surface area contributed by atoms with Gasteiger partial charge in [-0.05, 0) is 12.1 Å². The van der Waals surface area contributed by atoms with Crippen LogP contribution < -0.4 is 5.43 Å². The number of hydrogen-bond acceptors (Lipinski definition) is 4. The Balaban J connectivity index is 2.26. The average molecular weight is 300 g/mol. The first-order valence-electron chi connectivity index (χ1n) is 5.54. The molecular formula is C13H8F4N2O2. The minimum absolute atomic E-state index is 0.0748. The first-order chi connectivity index (χ1) is 9.90. The summed E-state index contributed by atoms with van der Waals surface area (Å²) in [5.74, 6) is -6.92. The average Bonchev–Trinajstić information content (AvgIpc) is 2.42. The van der Waals surface area contributed by atoms with E-state index in [1.54, 1.807) is 0 Å². The molecule has 0 radical (unpaired) electrons. The van der Waals surface area contributed by atoms with Crippen LogP contribution in [0.5, 0.6) is 11.5 Å². The molecule has 2 aromatic rings. The first kappa shape index (κ1) is 14.6. The smallest absolute Gasteiger partial charge is 0.186 e. The second-order valence-corrected chi connectivity index (χ2v) is 3.96. The van der Waals surface area contributed by atoms with E-state index in [0.717, 1.165) is 12.3 Å². The Kier molecular flexibility index (Phi) is 3.97. The predicted molar refractivity (Wildman–Crippen MR) is 67.3 cm³/mol. The van der Waals surface area contributed by atoms with Gasteiger partial charge in [0.25, 0.3) is 0 Å². The third-order valence-corrected chi connectivity index (χ3v) is 2.51. The minimum atomic E-state index is -1.62. The molecule has 110 valence electrons. The van der Waals surface area contributed by atoms with Crippen molar-refractivity contribution in [1.29, 1.82) is 0 Å². The van der Waals surface area contributed by atoms with E-state index in [1.165, 1.54) is 12.1 Å². The zero-order chi connectivity index (χ0) is 15.6. The van der Waals surface area contributed by atoms with Crippen molar-refractivity contribution in [2.75, 3.05) is 5.43 Å². The Morgan fingerprint density at radius 1 is 0.952 bits per heavy atom. The summed E-state index contributed by atoms with van der Waals surface area (Å²) < 4.78 is 52.5. The molecule has 0 aliphatic heterocycles. The number of benzene rings is 2. The zero-order valence-corrected chi connectivity index (χ0v) is 10.2. The molecule has 8 heteroatoms. The number of hydrogen-bond donors (Lipinski definition) is 3. The van der Waals surface area contributed by atoms with Crippen molar-refractivity contribution in [3.63, 3.8) is 0 Å². The third-order valence-electron chi connectivity index (χ3n) is 2.51. The molecule has 0 atom stereocenters. The SMILES string of the molecule is Oc1ccc(C=NNc2c(F)c(F)cc(F)c2F)c(O)c1. The van der Waals surface area contributed by atoms with Gasteiger partial charge >= 0.3 is 0 Å². The lowest BCUT2D eigenvalue weighted by molar-refractivity contribution is 0.450. The Hall–Kier alpha value is -2.77. The van der Waals surface area contributed by atoms with E-state index in [0.29, 0.717) is 0 Å². The van der Waals surface area contributed by atoms with Crippen molar-refractivity contribution in [3.8, 4) is 11.5 Å². The molecular weight excluding hydrogens is 292 g/mol. The lowest BCUT2D eigenvalue weighted by Crippen LogP contribution is -2.02. The normalized spacial score (nSPS) is 11.0. The van der Waals surface area contributed by atoms with Crippen LogP contribution in [-0.2, 0) is 0 Å². The Labute approximate surface area is 116 Å². The van der Waals surface area contributed by atoms with Gasteiger partial charge in [-0.15, -0.1) is 0 Å². The molecule has 0 saturated heterocycles. The van der Waals surface area contributed by atoms with Gasteiger partial charge in [0.2, 0.25) is 0 Å². The van der Waals surface area contributed by atoms with Gasteiger partial charge in [0.1, 0.15) is 17.2 Å². The summed E-state index contributed by atoms with van der Waals surface area (Å²) in [6, 6.07) is 3.61. The summed E-state index contributed by atoms with van der Waals surface area (Å²) in [6.07, 6.45) is 0.955. The van der Waals surface area contributed by atoms with Crippen molar-refractivity contribution in [2.24, 2.45) is 5.10 Å². The molecule has 0 spiro atoms. The largest absolute Gasteiger partial charge is 0.508 e. The number of nitrogens with one attached hydrogen (secondary N) is 1. The van der Waals surface area contributed by atoms with Gasteiger partial charge in [0.05, 0.1) is 6.21 Å². The maximum absolute atomic E-state index is 13.3. The van der Waals surface area contributed by atoms with Gasteiger partial charge in [-0.25, -0.2) is 17.6 Å². The summed E-state index contributed by atoms with van der Waals surface area (Å²) in [5, 5.41) is 21.9. The molecule has 0 heterocycles. The maximum Gasteiger partial charge on any atom is 0.186 e. The summed E-state index contributed by atoms with van der Waals surface area (Å²) in [4.78, 5) is 0. The molecule has 2 rings (SSSR count). The summed E-state index contributed by atoms with van der Waals surface area (Å²) in [7, 11) is 0. The third kappa shape index (κ3) is 3.04. The minimum Gasteiger partial charge on any atom is -0.508 e. The monoisotopic (exact) mass is 300 g/mol. The number of halogens is 4. The van der Waals surface area contributed by atoms with Gasteiger partial charge in [-0.3, -0.25) is 5.43 Å². The summed E-state index contributed by atoms with van der Waals surface area (Å²) >= 11 is 0. The van der Waals surface area contributed by atoms with E-state index in [4.69, 9.17) is 5.11 Å². The van der Waals surface area contributed by atoms with Crippen LogP contribution >= 0.6 is 0 Å². The lowest BCUT2D eigenvalue weighted by Gasteiger charge is -2.05. The van der Waals surface area contributed by atoms with Crippen molar-refractivity contribution in [3.05, 3.63) is 53.1 Å². The molecule has 4 nitrogen and oxygen atoms in total. The Bertz CT molecular complexity index is 694.